The van der Waals surface area contributed by atoms with E-state index in [1.54, 1.807) is 44.2 Å². The largest absolute Gasteiger partial charge is 0.490 e. The predicted octanol–water partition coefficient (Wildman–Crippen LogP) is 4.85. The van der Waals surface area contributed by atoms with Crippen molar-refractivity contribution in [1.29, 1.82) is 0 Å². The lowest BCUT2D eigenvalue weighted by molar-refractivity contribution is -0.136. The molecular formula is C32H32BrIN4O9. The number of carboxylic acids is 1. The molecule has 0 spiro atoms. The molecule has 248 valence electrons. The number of carboxylic acid groups (broad SMARTS) is 1. The number of hydrogen-bond donors (Lipinski definition) is 5. The summed E-state index contributed by atoms with van der Waals surface area (Å²) in [5.41, 5.74) is 5.59. The summed E-state index contributed by atoms with van der Waals surface area (Å²) in [6.45, 7) is 3.82. The summed E-state index contributed by atoms with van der Waals surface area (Å²) in [5, 5.41) is 29.0. The number of methoxy groups -OCH3 is 1. The number of benzene rings is 3. The van der Waals surface area contributed by atoms with Crippen LogP contribution in [0.2, 0.25) is 0 Å². The van der Waals surface area contributed by atoms with Gasteiger partial charge in [0.1, 0.15) is 19.0 Å². The SMILES string of the molecule is CCOc1cc([C@@H]2NC(=O)NC(C)=C2C(=O)OC)ccc1OC[C@@H](O)N/N=C\c1cc(Br)c(OCc2ccc(C(=O)O)cc2)c(I)c1. The van der Waals surface area contributed by atoms with Gasteiger partial charge in [-0.2, -0.15) is 5.10 Å². The van der Waals surface area contributed by atoms with E-state index in [-0.39, 0.29) is 24.4 Å². The van der Waals surface area contributed by atoms with Crippen molar-refractivity contribution in [2.75, 3.05) is 20.3 Å². The molecule has 13 nitrogen and oxygen atoms in total. The van der Waals surface area contributed by atoms with Gasteiger partial charge in [0.05, 0.1) is 45.2 Å². The van der Waals surface area contributed by atoms with Gasteiger partial charge in [-0.1, -0.05) is 18.2 Å². The maximum Gasteiger partial charge on any atom is 0.337 e. The first-order valence-electron chi connectivity index (χ1n) is 14.2. The number of hydrogen-bond acceptors (Lipinski definition) is 10. The topological polar surface area (TPSA) is 177 Å². The fourth-order valence-corrected chi connectivity index (χ4v) is 6.28. The molecule has 0 saturated carbocycles. The van der Waals surface area contributed by atoms with Gasteiger partial charge in [-0.3, -0.25) is 5.43 Å². The van der Waals surface area contributed by atoms with Gasteiger partial charge in [0.2, 0.25) is 0 Å². The average molecular weight is 823 g/mol. The molecule has 1 aliphatic rings. The van der Waals surface area contributed by atoms with Gasteiger partial charge in [0.15, 0.2) is 17.7 Å². The molecule has 2 atom stereocenters. The average Bonchev–Trinajstić information content (AvgIpc) is 3.03. The number of aliphatic hydroxyl groups is 1. The molecular weight excluding hydrogens is 791 g/mol. The standard InChI is InChI=1S/C32H32BrIN4O9/c1-4-45-25-13-21(28-27(31(42)44-3)17(2)36-32(43)37-28)9-10-24(25)46-16-26(39)38-35-14-19-11-22(33)29(23(34)12-19)47-15-18-5-7-20(8-6-18)30(40)41/h5-14,26,28,38-39H,4,15-16H2,1-3H3,(H,40,41)(H2,36,37,43)/b35-14-/t26-,28+/m1/s1. The summed E-state index contributed by atoms with van der Waals surface area (Å²) in [4.78, 5) is 35.7. The van der Waals surface area contributed by atoms with E-state index in [2.05, 4.69) is 59.7 Å². The number of rotatable bonds is 14. The third-order valence-corrected chi connectivity index (χ3v) is 8.10. The van der Waals surface area contributed by atoms with Gasteiger partial charge in [-0.15, -0.1) is 0 Å². The van der Waals surface area contributed by atoms with Crippen LogP contribution in [0, 0.1) is 3.57 Å². The molecule has 0 fully saturated rings. The summed E-state index contributed by atoms with van der Waals surface area (Å²) >= 11 is 5.67. The first kappa shape index (κ1) is 35.5. The van der Waals surface area contributed by atoms with Crippen LogP contribution < -0.4 is 30.3 Å². The van der Waals surface area contributed by atoms with E-state index >= 15 is 0 Å². The van der Waals surface area contributed by atoms with Crippen molar-refractivity contribution in [3.8, 4) is 17.2 Å². The number of carbonyl (C=O) groups excluding carboxylic acids is 2. The lowest BCUT2D eigenvalue weighted by Gasteiger charge is -2.28. The molecule has 0 bridgehead atoms. The molecule has 1 heterocycles. The molecule has 3 aromatic carbocycles. The highest BCUT2D eigenvalue weighted by molar-refractivity contribution is 14.1. The molecule has 0 radical (unpaired) electrons. The van der Waals surface area contributed by atoms with E-state index in [9.17, 15) is 19.5 Å². The Hall–Kier alpha value is -4.35. The van der Waals surface area contributed by atoms with E-state index in [1.807, 2.05) is 12.1 Å². The minimum absolute atomic E-state index is 0.172. The van der Waals surface area contributed by atoms with Gasteiger partial charge >= 0.3 is 18.0 Å². The lowest BCUT2D eigenvalue weighted by atomic mass is 9.95. The lowest BCUT2D eigenvalue weighted by Crippen LogP contribution is -2.45. The molecule has 2 amide bonds. The second-order valence-corrected chi connectivity index (χ2v) is 12.0. The summed E-state index contributed by atoms with van der Waals surface area (Å²) in [6, 6.07) is 13.9. The van der Waals surface area contributed by atoms with Crippen LogP contribution in [0.4, 0.5) is 4.79 Å². The van der Waals surface area contributed by atoms with Crippen molar-refractivity contribution in [3.05, 3.63) is 96.2 Å². The summed E-state index contributed by atoms with van der Waals surface area (Å²) in [6.07, 6.45) is 0.366. The minimum atomic E-state index is -1.17. The number of aliphatic hydroxyl groups excluding tert-OH is 1. The highest BCUT2D eigenvalue weighted by atomic mass is 127. The maximum atomic E-state index is 12.5. The molecule has 0 unspecified atom stereocenters. The van der Waals surface area contributed by atoms with Crippen molar-refractivity contribution in [2.45, 2.75) is 32.7 Å². The molecule has 0 aliphatic carbocycles. The van der Waals surface area contributed by atoms with Crippen LogP contribution in [0.3, 0.4) is 0 Å². The van der Waals surface area contributed by atoms with E-state index in [1.165, 1.54) is 25.5 Å². The molecule has 47 heavy (non-hydrogen) atoms. The second-order valence-electron chi connectivity index (χ2n) is 10.0. The third kappa shape index (κ3) is 9.36. The zero-order valence-electron chi connectivity index (χ0n) is 25.5. The number of urea groups is 1. The first-order chi connectivity index (χ1) is 22.5. The van der Waals surface area contributed by atoms with Crippen LogP contribution in [0.25, 0.3) is 0 Å². The quantitative estimate of drug-likeness (QED) is 0.0497. The van der Waals surface area contributed by atoms with Crippen LogP contribution in [0.5, 0.6) is 17.2 Å². The maximum absolute atomic E-state index is 12.5. The van der Waals surface area contributed by atoms with Crippen molar-refractivity contribution in [2.24, 2.45) is 5.10 Å². The Morgan fingerprint density at radius 3 is 2.51 bits per heavy atom. The number of allylic oxidation sites excluding steroid dienone is 1. The zero-order chi connectivity index (χ0) is 34.1. The molecule has 4 rings (SSSR count). The number of carbonyl (C=O) groups is 3. The Morgan fingerprint density at radius 1 is 1.11 bits per heavy atom. The monoisotopic (exact) mass is 822 g/mol. The zero-order valence-corrected chi connectivity index (χ0v) is 29.2. The smallest absolute Gasteiger partial charge is 0.337 e. The normalized spacial score (nSPS) is 15.0. The number of nitrogens with zero attached hydrogens (tertiary/aromatic N) is 1. The first-order valence-corrected chi connectivity index (χ1v) is 16.0. The highest BCUT2D eigenvalue weighted by Gasteiger charge is 2.32. The van der Waals surface area contributed by atoms with E-state index in [4.69, 9.17) is 24.1 Å². The number of hydrazone groups is 1. The Morgan fingerprint density at radius 2 is 1.85 bits per heavy atom. The van der Waals surface area contributed by atoms with Crippen molar-refractivity contribution in [1.82, 2.24) is 16.1 Å². The third-order valence-electron chi connectivity index (χ3n) is 6.71. The minimum Gasteiger partial charge on any atom is -0.490 e. The Balaban J connectivity index is 1.36. The molecule has 0 saturated heterocycles. The Bertz CT molecular complexity index is 1680. The van der Waals surface area contributed by atoms with E-state index in [0.717, 1.165) is 14.7 Å². The molecule has 3 aromatic rings. The Labute approximate surface area is 292 Å². The van der Waals surface area contributed by atoms with Gasteiger partial charge < -0.3 is 39.8 Å². The molecule has 5 N–H and O–H groups in total. The van der Waals surface area contributed by atoms with Gasteiger partial charge in [-0.25, -0.2) is 14.4 Å². The second kappa shape index (κ2) is 16.5. The van der Waals surface area contributed by atoms with Crippen LogP contribution in [0.1, 0.15) is 46.9 Å². The fraction of sp³-hybridized carbons (Fsp3) is 0.250. The van der Waals surface area contributed by atoms with Crippen molar-refractivity contribution < 1.29 is 43.5 Å². The number of esters is 1. The van der Waals surface area contributed by atoms with Crippen molar-refractivity contribution in [3.63, 3.8) is 0 Å². The highest BCUT2D eigenvalue weighted by Crippen LogP contribution is 2.35. The molecule has 1 aliphatic heterocycles. The van der Waals surface area contributed by atoms with Crippen LogP contribution in [-0.4, -0.2) is 60.9 Å². The summed E-state index contributed by atoms with van der Waals surface area (Å²) < 4.78 is 23.9. The van der Waals surface area contributed by atoms with Gasteiger partial charge in [0.25, 0.3) is 0 Å². The number of halogens is 2. The van der Waals surface area contributed by atoms with E-state index < -0.39 is 30.2 Å². The van der Waals surface area contributed by atoms with Gasteiger partial charge in [0, 0.05) is 5.70 Å². The van der Waals surface area contributed by atoms with Gasteiger partial charge in [-0.05, 0) is 105 Å². The van der Waals surface area contributed by atoms with Crippen LogP contribution in [-0.2, 0) is 16.1 Å². The van der Waals surface area contributed by atoms with Crippen LogP contribution >= 0.6 is 38.5 Å². The summed E-state index contributed by atoms with van der Waals surface area (Å²) in [5.74, 6) is -0.249. The Kier molecular flexibility index (Phi) is 12.4. The molecule has 15 heteroatoms. The number of amides is 2. The van der Waals surface area contributed by atoms with Crippen molar-refractivity contribution >= 4 is 62.7 Å². The molecule has 0 aromatic heterocycles. The van der Waals surface area contributed by atoms with Crippen LogP contribution in [0.15, 0.2) is 75.4 Å². The van der Waals surface area contributed by atoms with E-state index in [0.29, 0.717) is 39.6 Å². The number of ether oxygens (including phenoxy) is 4. The summed E-state index contributed by atoms with van der Waals surface area (Å²) in [7, 11) is 1.27. The number of aromatic carboxylic acids is 1. The predicted molar refractivity (Wildman–Crippen MR) is 184 cm³/mol. The number of nitrogens with one attached hydrogen (secondary N) is 3. The fourth-order valence-electron chi connectivity index (χ4n) is 4.51.